The molecule has 0 aromatic rings. The SMILES string of the molecule is CCC(CC)NC(=O)NCCN(C)C. The van der Waals surface area contributed by atoms with E-state index in [1.165, 1.54) is 0 Å². The van der Waals surface area contributed by atoms with Crippen LogP contribution in [0.15, 0.2) is 0 Å². The average molecular weight is 201 g/mol. The van der Waals surface area contributed by atoms with Crippen LogP contribution in [0.4, 0.5) is 4.79 Å². The molecule has 0 saturated carbocycles. The van der Waals surface area contributed by atoms with Gasteiger partial charge in [-0.1, -0.05) is 13.8 Å². The first-order valence-corrected chi connectivity index (χ1v) is 5.29. The van der Waals surface area contributed by atoms with Gasteiger partial charge in [0.05, 0.1) is 0 Å². The van der Waals surface area contributed by atoms with Crippen LogP contribution in [0, 0.1) is 0 Å². The van der Waals surface area contributed by atoms with Gasteiger partial charge in [0.2, 0.25) is 0 Å². The van der Waals surface area contributed by atoms with Crippen LogP contribution in [-0.4, -0.2) is 44.2 Å². The predicted molar refractivity (Wildman–Crippen MR) is 59.5 cm³/mol. The highest BCUT2D eigenvalue weighted by molar-refractivity contribution is 5.74. The van der Waals surface area contributed by atoms with Crippen LogP contribution in [0.25, 0.3) is 0 Å². The largest absolute Gasteiger partial charge is 0.337 e. The number of rotatable bonds is 6. The lowest BCUT2D eigenvalue weighted by molar-refractivity contribution is 0.235. The lowest BCUT2D eigenvalue weighted by atomic mass is 10.2. The highest BCUT2D eigenvalue weighted by atomic mass is 16.2. The Morgan fingerprint density at radius 1 is 1.29 bits per heavy atom. The van der Waals surface area contributed by atoms with E-state index in [9.17, 15) is 4.79 Å². The number of carbonyl (C=O) groups excluding carboxylic acids is 1. The first-order chi connectivity index (χ1) is 6.60. The number of urea groups is 1. The molecular formula is C10H23N3O. The van der Waals surface area contributed by atoms with Gasteiger partial charge >= 0.3 is 6.03 Å². The maximum Gasteiger partial charge on any atom is 0.315 e. The molecule has 84 valence electrons. The highest BCUT2D eigenvalue weighted by Gasteiger charge is 2.06. The summed E-state index contributed by atoms with van der Waals surface area (Å²) in [6.45, 7) is 5.72. The van der Waals surface area contributed by atoms with Gasteiger partial charge in [0.25, 0.3) is 0 Å². The summed E-state index contributed by atoms with van der Waals surface area (Å²) in [7, 11) is 3.97. The fraction of sp³-hybridized carbons (Fsp3) is 0.900. The first-order valence-electron chi connectivity index (χ1n) is 5.29. The molecule has 0 rings (SSSR count). The van der Waals surface area contributed by atoms with Crippen molar-refractivity contribution >= 4 is 6.03 Å². The number of nitrogens with one attached hydrogen (secondary N) is 2. The van der Waals surface area contributed by atoms with Crippen molar-refractivity contribution in [1.82, 2.24) is 15.5 Å². The van der Waals surface area contributed by atoms with E-state index in [2.05, 4.69) is 24.5 Å². The van der Waals surface area contributed by atoms with Gasteiger partial charge in [0, 0.05) is 19.1 Å². The van der Waals surface area contributed by atoms with E-state index >= 15 is 0 Å². The Kier molecular flexibility index (Phi) is 7.20. The monoisotopic (exact) mass is 201 g/mol. The zero-order valence-electron chi connectivity index (χ0n) is 9.76. The van der Waals surface area contributed by atoms with Crippen LogP contribution < -0.4 is 10.6 Å². The Balaban J connectivity index is 3.54. The van der Waals surface area contributed by atoms with Gasteiger partial charge in [-0.25, -0.2) is 4.79 Å². The number of hydrogen-bond acceptors (Lipinski definition) is 2. The second kappa shape index (κ2) is 7.62. The van der Waals surface area contributed by atoms with Crippen molar-refractivity contribution in [2.75, 3.05) is 27.2 Å². The van der Waals surface area contributed by atoms with Crippen molar-refractivity contribution in [1.29, 1.82) is 0 Å². The van der Waals surface area contributed by atoms with Gasteiger partial charge in [-0.15, -0.1) is 0 Å². The number of nitrogens with zero attached hydrogens (tertiary/aromatic N) is 1. The van der Waals surface area contributed by atoms with Crippen molar-refractivity contribution in [3.8, 4) is 0 Å². The van der Waals surface area contributed by atoms with Gasteiger partial charge in [-0.3, -0.25) is 0 Å². The van der Waals surface area contributed by atoms with Crippen LogP contribution in [-0.2, 0) is 0 Å². The van der Waals surface area contributed by atoms with Crippen molar-refractivity contribution < 1.29 is 4.79 Å². The average Bonchev–Trinajstić information content (AvgIpc) is 2.13. The molecule has 0 aromatic heterocycles. The predicted octanol–water partition coefficient (Wildman–Crippen LogP) is 1.04. The number of amides is 2. The second-order valence-corrected chi connectivity index (χ2v) is 3.72. The minimum atomic E-state index is -0.0550. The third-order valence-corrected chi connectivity index (χ3v) is 2.17. The van der Waals surface area contributed by atoms with Crippen LogP contribution in [0.3, 0.4) is 0 Å². The Labute approximate surface area is 87.0 Å². The maximum absolute atomic E-state index is 11.3. The van der Waals surface area contributed by atoms with E-state index in [1.54, 1.807) is 0 Å². The molecular weight excluding hydrogens is 178 g/mol. The van der Waals surface area contributed by atoms with Crippen LogP contribution in [0.1, 0.15) is 26.7 Å². The molecule has 0 radical (unpaired) electrons. The lowest BCUT2D eigenvalue weighted by Gasteiger charge is -2.16. The zero-order chi connectivity index (χ0) is 11.0. The molecule has 14 heavy (non-hydrogen) atoms. The van der Waals surface area contributed by atoms with Crippen molar-refractivity contribution in [3.05, 3.63) is 0 Å². The summed E-state index contributed by atoms with van der Waals surface area (Å²) in [6.07, 6.45) is 1.97. The minimum absolute atomic E-state index is 0.0550. The molecule has 0 aliphatic carbocycles. The summed E-state index contributed by atoms with van der Waals surface area (Å²) in [6, 6.07) is 0.245. The molecule has 0 fully saturated rings. The van der Waals surface area contributed by atoms with Crippen molar-refractivity contribution in [3.63, 3.8) is 0 Å². The first kappa shape index (κ1) is 13.2. The molecule has 0 aliphatic heterocycles. The Hall–Kier alpha value is -0.770. The number of hydrogen-bond donors (Lipinski definition) is 2. The highest BCUT2D eigenvalue weighted by Crippen LogP contribution is 1.94. The zero-order valence-corrected chi connectivity index (χ0v) is 9.76. The van der Waals surface area contributed by atoms with Gasteiger partial charge in [0.15, 0.2) is 0 Å². The molecule has 4 heteroatoms. The van der Waals surface area contributed by atoms with Gasteiger partial charge in [-0.05, 0) is 26.9 Å². The van der Waals surface area contributed by atoms with Gasteiger partial charge in [-0.2, -0.15) is 0 Å². The molecule has 2 amide bonds. The van der Waals surface area contributed by atoms with E-state index in [0.717, 1.165) is 19.4 Å². The number of likely N-dealkylation sites (N-methyl/N-ethyl adjacent to an activating group) is 1. The summed E-state index contributed by atoms with van der Waals surface area (Å²) < 4.78 is 0. The van der Waals surface area contributed by atoms with Crippen LogP contribution >= 0.6 is 0 Å². The summed E-state index contributed by atoms with van der Waals surface area (Å²) in [5.74, 6) is 0. The molecule has 4 nitrogen and oxygen atoms in total. The Bertz CT molecular complexity index is 155. The summed E-state index contributed by atoms with van der Waals surface area (Å²) >= 11 is 0. The van der Waals surface area contributed by atoms with Crippen molar-refractivity contribution in [2.45, 2.75) is 32.7 Å². The maximum atomic E-state index is 11.3. The van der Waals surface area contributed by atoms with E-state index < -0.39 is 0 Å². The Morgan fingerprint density at radius 2 is 1.86 bits per heavy atom. The van der Waals surface area contributed by atoms with E-state index in [0.29, 0.717) is 12.6 Å². The third-order valence-electron chi connectivity index (χ3n) is 2.17. The normalized spacial score (nSPS) is 10.7. The molecule has 0 spiro atoms. The van der Waals surface area contributed by atoms with Crippen LogP contribution in [0.5, 0.6) is 0 Å². The molecule has 0 aromatic carbocycles. The topological polar surface area (TPSA) is 44.4 Å². The molecule has 0 bridgehead atoms. The second-order valence-electron chi connectivity index (χ2n) is 3.72. The quantitative estimate of drug-likeness (QED) is 0.674. The van der Waals surface area contributed by atoms with Crippen molar-refractivity contribution in [2.24, 2.45) is 0 Å². The van der Waals surface area contributed by atoms with E-state index in [4.69, 9.17) is 0 Å². The summed E-state index contributed by atoms with van der Waals surface area (Å²) in [5, 5.41) is 5.74. The number of carbonyl (C=O) groups is 1. The lowest BCUT2D eigenvalue weighted by Crippen LogP contribution is -2.43. The molecule has 0 heterocycles. The third kappa shape index (κ3) is 6.71. The standard InChI is InChI=1S/C10H23N3O/c1-5-9(6-2)12-10(14)11-7-8-13(3)4/h9H,5-8H2,1-4H3,(H2,11,12,14). The van der Waals surface area contributed by atoms with E-state index in [1.807, 2.05) is 19.0 Å². The fourth-order valence-corrected chi connectivity index (χ4v) is 1.12. The summed E-state index contributed by atoms with van der Waals surface area (Å²) in [4.78, 5) is 13.4. The Morgan fingerprint density at radius 3 is 2.29 bits per heavy atom. The molecule has 0 atom stereocenters. The molecule has 0 saturated heterocycles. The van der Waals surface area contributed by atoms with Crippen LogP contribution in [0.2, 0.25) is 0 Å². The fourth-order valence-electron chi connectivity index (χ4n) is 1.12. The molecule has 0 unspecified atom stereocenters. The minimum Gasteiger partial charge on any atom is -0.337 e. The summed E-state index contributed by atoms with van der Waals surface area (Å²) in [5.41, 5.74) is 0. The molecule has 2 N–H and O–H groups in total. The smallest absolute Gasteiger partial charge is 0.315 e. The van der Waals surface area contributed by atoms with Gasteiger partial charge in [0.1, 0.15) is 0 Å². The molecule has 0 aliphatic rings. The van der Waals surface area contributed by atoms with Gasteiger partial charge < -0.3 is 15.5 Å². The van der Waals surface area contributed by atoms with E-state index in [-0.39, 0.29) is 6.03 Å².